The Morgan fingerprint density at radius 3 is 1.92 bits per heavy atom. The minimum absolute atomic E-state index is 0.204. The fourth-order valence-corrected chi connectivity index (χ4v) is 3.27. The van der Waals surface area contributed by atoms with E-state index in [1.54, 1.807) is 0 Å². The van der Waals surface area contributed by atoms with Crippen molar-refractivity contribution in [3.63, 3.8) is 0 Å². The molecule has 1 unspecified atom stereocenters. The summed E-state index contributed by atoms with van der Waals surface area (Å²) in [5.74, 6) is 0.993. The van der Waals surface area contributed by atoms with Crippen molar-refractivity contribution in [1.29, 1.82) is 0 Å². The van der Waals surface area contributed by atoms with Gasteiger partial charge in [0.15, 0.2) is 15.7 Å². The molecule has 1 aromatic carbocycles. The molecule has 0 bridgehead atoms. The Labute approximate surface area is 168 Å². The van der Waals surface area contributed by atoms with Crippen molar-refractivity contribution in [1.82, 2.24) is 0 Å². The van der Waals surface area contributed by atoms with Gasteiger partial charge in [-0.25, -0.2) is 0 Å². The van der Waals surface area contributed by atoms with Crippen LogP contribution in [0.15, 0.2) is 24.3 Å². The van der Waals surface area contributed by atoms with Crippen molar-refractivity contribution in [2.24, 2.45) is 0 Å². The zero-order valence-electron chi connectivity index (χ0n) is 18.5. The summed E-state index contributed by atoms with van der Waals surface area (Å²) in [6.07, 6.45) is 1.17. The lowest BCUT2D eigenvalue weighted by molar-refractivity contribution is 0.122. The van der Waals surface area contributed by atoms with Gasteiger partial charge in [-0.1, -0.05) is 72.8 Å². The first-order chi connectivity index (χ1) is 11.6. The SMILES string of the molecule is CC(C)(C)[Si](C)(C)Cl.CC(C)(C)[Si](C)(C)OC1CCOc2ccccc21. The van der Waals surface area contributed by atoms with Crippen molar-refractivity contribution < 1.29 is 9.16 Å². The molecule has 1 heterocycles. The molecule has 1 aromatic rings. The number of para-hydroxylation sites is 1. The lowest BCUT2D eigenvalue weighted by atomic mass is 10.0. The van der Waals surface area contributed by atoms with Gasteiger partial charge in [0, 0.05) is 12.0 Å². The molecule has 150 valence electrons. The van der Waals surface area contributed by atoms with E-state index in [-0.39, 0.29) is 11.1 Å². The second-order valence-corrected chi connectivity index (χ2v) is 22.3. The Hall–Kier alpha value is -0.296. The molecule has 2 rings (SSSR count). The van der Waals surface area contributed by atoms with Crippen molar-refractivity contribution in [2.75, 3.05) is 6.61 Å². The van der Waals surface area contributed by atoms with E-state index in [4.69, 9.17) is 20.2 Å². The second kappa shape index (κ2) is 8.38. The van der Waals surface area contributed by atoms with Gasteiger partial charge in [0.05, 0.1) is 12.7 Å². The fourth-order valence-electron chi connectivity index (χ4n) is 1.96. The third kappa shape index (κ3) is 6.40. The largest absolute Gasteiger partial charge is 0.493 e. The molecule has 0 aliphatic carbocycles. The maximum atomic E-state index is 6.53. The second-order valence-electron chi connectivity index (χ2n) is 10.3. The minimum atomic E-state index is -1.72. The van der Waals surface area contributed by atoms with E-state index in [0.717, 1.165) is 18.8 Å². The molecule has 0 spiro atoms. The zero-order valence-corrected chi connectivity index (χ0v) is 21.3. The molecule has 2 nitrogen and oxygen atoms in total. The molecule has 1 aliphatic rings. The highest BCUT2D eigenvalue weighted by molar-refractivity contribution is 7.20. The molecule has 1 aliphatic heterocycles. The molecular weight excluding hydrogens is 376 g/mol. The molecule has 0 fully saturated rings. The van der Waals surface area contributed by atoms with Crippen LogP contribution in [0.25, 0.3) is 0 Å². The van der Waals surface area contributed by atoms with E-state index in [1.165, 1.54) is 5.56 Å². The average Bonchev–Trinajstić information content (AvgIpc) is 2.44. The quantitative estimate of drug-likeness (QED) is 0.363. The van der Waals surface area contributed by atoms with Crippen molar-refractivity contribution >= 4 is 26.8 Å². The molecule has 0 radical (unpaired) electrons. The molecule has 26 heavy (non-hydrogen) atoms. The summed E-state index contributed by atoms with van der Waals surface area (Å²) in [5.41, 5.74) is 1.22. The van der Waals surface area contributed by atoms with Gasteiger partial charge in [0.25, 0.3) is 0 Å². The smallest absolute Gasteiger partial charge is 0.192 e. The third-order valence-electron chi connectivity index (χ3n) is 5.93. The number of benzene rings is 1. The van der Waals surface area contributed by atoms with E-state index in [2.05, 4.69) is 79.9 Å². The number of hydrogen-bond acceptors (Lipinski definition) is 2. The van der Waals surface area contributed by atoms with Gasteiger partial charge >= 0.3 is 0 Å². The predicted octanol–water partition coefficient (Wildman–Crippen LogP) is 7.76. The maximum absolute atomic E-state index is 6.53. The van der Waals surface area contributed by atoms with Crippen LogP contribution in [0.1, 0.15) is 59.6 Å². The van der Waals surface area contributed by atoms with E-state index in [9.17, 15) is 0 Å². The van der Waals surface area contributed by atoms with E-state index in [1.807, 2.05) is 12.1 Å². The van der Waals surface area contributed by atoms with Gasteiger partial charge in [-0.2, -0.15) is 11.1 Å². The Morgan fingerprint density at radius 1 is 0.962 bits per heavy atom. The summed E-state index contributed by atoms with van der Waals surface area (Å²) >= 11 is 6.15. The van der Waals surface area contributed by atoms with E-state index < -0.39 is 15.7 Å². The van der Waals surface area contributed by atoms with Crippen LogP contribution in [-0.2, 0) is 4.43 Å². The van der Waals surface area contributed by atoms with E-state index >= 15 is 0 Å². The Balaban J connectivity index is 0.000000359. The first-order valence-corrected chi connectivity index (χ1v) is 16.6. The standard InChI is InChI=1S/C15H24O2Si.C6H15ClSi/c1-15(2,3)18(4,5)17-14-10-11-16-13-9-7-6-8-12(13)14;1-6(2,3)8(4,5)7/h6-9,14H,10-11H2,1-5H3;1-5H3. The summed E-state index contributed by atoms with van der Waals surface area (Å²) in [7, 11) is -3.10. The Kier molecular flexibility index (Phi) is 7.65. The van der Waals surface area contributed by atoms with Gasteiger partial charge in [-0.15, -0.1) is 0 Å². The van der Waals surface area contributed by atoms with Crippen LogP contribution < -0.4 is 4.74 Å². The van der Waals surface area contributed by atoms with Crippen LogP contribution in [0.3, 0.4) is 0 Å². The highest BCUT2D eigenvalue weighted by Gasteiger charge is 2.40. The van der Waals surface area contributed by atoms with Crippen LogP contribution in [0.5, 0.6) is 5.75 Å². The first-order valence-electron chi connectivity index (χ1n) is 9.65. The minimum Gasteiger partial charge on any atom is -0.493 e. The lowest BCUT2D eigenvalue weighted by Gasteiger charge is -2.40. The van der Waals surface area contributed by atoms with Crippen molar-refractivity contribution in [3.8, 4) is 5.75 Å². The fraction of sp³-hybridized carbons (Fsp3) is 0.714. The maximum Gasteiger partial charge on any atom is 0.192 e. The number of ether oxygens (including phenoxy) is 1. The molecule has 0 amide bonds. The first kappa shape index (κ1) is 23.7. The molecule has 0 saturated carbocycles. The van der Waals surface area contributed by atoms with Gasteiger partial charge in [-0.05, 0) is 29.2 Å². The highest BCUT2D eigenvalue weighted by atomic mass is 35.6. The Morgan fingerprint density at radius 2 is 1.46 bits per heavy atom. The number of rotatable bonds is 2. The van der Waals surface area contributed by atoms with Crippen LogP contribution in [-0.4, -0.2) is 22.3 Å². The summed E-state index contributed by atoms with van der Waals surface area (Å²) in [6.45, 7) is 23.2. The molecule has 0 aromatic heterocycles. The molecule has 1 atom stereocenters. The molecule has 0 N–H and O–H groups in total. The van der Waals surface area contributed by atoms with Crippen molar-refractivity contribution in [3.05, 3.63) is 29.8 Å². The molecule has 0 saturated heterocycles. The van der Waals surface area contributed by atoms with Crippen LogP contribution >= 0.6 is 11.1 Å². The van der Waals surface area contributed by atoms with Gasteiger partial charge in [0.1, 0.15) is 5.75 Å². The van der Waals surface area contributed by atoms with E-state index in [0.29, 0.717) is 5.04 Å². The van der Waals surface area contributed by atoms with Crippen molar-refractivity contribution in [2.45, 2.75) is 90.3 Å². The number of halogens is 1. The van der Waals surface area contributed by atoms with Crippen LogP contribution in [0.4, 0.5) is 0 Å². The summed E-state index contributed by atoms with van der Waals surface area (Å²) in [6, 6.07) is 8.26. The zero-order chi connectivity index (χ0) is 20.4. The third-order valence-corrected chi connectivity index (χ3v) is 15.7. The normalized spacial score (nSPS) is 18.3. The molecule has 5 heteroatoms. The summed E-state index contributed by atoms with van der Waals surface area (Å²) in [4.78, 5) is 0. The predicted molar refractivity (Wildman–Crippen MR) is 121 cm³/mol. The average molecular weight is 415 g/mol. The van der Waals surface area contributed by atoms with Gasteiger partial charge < -0.3 is 9.16 Å². The van der Waals surface area contributed by atoms with Gasteiger partial charge in [-0.3, -0.25) is 0 Å². The Bertz CT molecular complexity index is 569. The topological polar surface area (TPSA) is 18.5 Å². The summed E-state index contributed by atoms with van der Waals surface area (Å²) < 4.78 is 12.2. The lowest BCUT2D eigenvalue weighted by Crippen LogP contribution is -2.42. The van der Waals surface area contributed by atoms with Crippen LogP contribution in [0.2, 0.25) is 36.3 Å². The number of fused-ring (bicyclic) bond motifs is 1. The van der Waals surface area contributed by atoms with Crippen LogP contribution in [0, 0.1) is 0 Å². The highest BCUT2D eigenvalue weighted by Crippen LogP contribution is 2.43. The summed E-state index contributed by atoms with van der Waals surface area (Å²) in [5, 5.41) is 0.592. The number of hydrogen-bond donors (Lipinski definition) is 0. The monoisotopic (exact) mass is 414 g/mol. The molecular formula is C21H39ClO2Si2. The van der Waals surface area contributed by atoms with Gasteiger partial charge in [0.2, 0.25) is 0 Å².